The van der Waals surface area contributed by atoms with E-state index in [9.17, 15) is 4.79 Å². The summed E-state index contributed by atoms with van der Waals surface area (Å²) < 4.78 is 0. The van der Waals surface area contributed by atoms with Gasteiger partial charge in [0.15, 0.2) is 0 Å². The third kappa shape index (κ3) is 2.08. The Hall–Kier alpha value is -0.610. The number of fused-ring (bicyclic) bond motifs is 4. The van der Waals surface area contributed by atoms with E-state index < -0.39 is 0 Å². The first-order valence-corrected chi connectivity index (χ1v) is 6.90. The number of piperidine rings is 3. The summed E-state index contributed by atoms with van der Waals surface area (Å²) in [6.45, 7) is 4.15. The number of hydrogen-bond donors (Lipinski definition) is 1. The van der Waals surface area contributed by atoms with Crippen LogP contribution in [0.3, 0.4) is 0 Å². The molecule has 3 atom stereocenters. The van der Waals surface area contributed by atoms with Crippen LogP contribution in [0.25, 0.3) is 0 Å². The van der Waals surface area contributed by atoms with E-state index in [-0.39, 0.29) is 6.61 Å². The van der Waals surface area contributed by atoms with Crippen LogP contribution < -0.4 is 0 Å². The molecule has 1 N–H and O–H groups in total. The van der Waals surface area contributed by atoms with Crippen LogP contribution in [-0.4, -0.2) is 59.6 Å². The van der Waals surface area contributed by atoms with Crippen LogP contribution >= 0.6 is 0 Å². The monoisotopic (exact) mass is 238 g/mol. The fourth-order valence-electron chi connectivity index (χ4n) is 4.04. The molecule has 1 amide bonds. The molecule has 0 aromatic rings. The highest BCUT2D eigenvalue weighted by Gasteiger charge is 2.43. The molecule has 3 fully saturated rings. The van der Waals surface area contributed by atoms with Crippen LogP contribution in [0.2, 0.25) is 0 Å². The normalized spacial score (nSPS) is 38.1. The van der Waals surface area contributed by atoms with Crippen LogP contribution in [0, 0.1) is 11.8 Å². The van der Waals surface area contributed by atoms with Crippen LogP contribution in [0.5, 0.6) is 0 Å². The van der Waals surface area contributed by atoms with Gasteiger partial charge in [0.2, 0.25) is 5.91 Å². The SMILES string of the molecule is O=C1CCCC2C3CC(CN(CCO)C3)CN12. The van der Waals surface area contributed by atoms with Crippen LogP contribution in [0.15, 0.2) is 0 Å². The molecule has 3 saturated heterocycles. The molecule has 2 bridgehead atoms. The van der Waals surface area contributed by atoms with Crippen molar-refractivity contribution in [2.45, 2.75) is 31.7 Å². The number of hydrogen-bond acceptors (Lipinski definition) is 3. The smallest absolute Gasteiger partial charge is 0.222 e. The maximum absolute atomic E-state index is 11.9. The van der Waals surface area contributed by atoms with E-state index in [1.165, 1.54) is 12.8 Å². The van der Waals surface area contributed by atoms with Crippen molar-refractivity contribution in [1.82, 2.24) is 9.80 Å². The van der Waals surface area contributed by atoms with Crippen LogP contribution in [0.4, 0.5) is 0 Å². The first-order chi connectivity index (χ1) is 8.28. The molecule has 4 nitrogen and oxygen atoms in total. The van der Waals surface area contributed by atoms with Gasteiger partial charge in [0, 0.05) is 38.6 Å². The predicted molar refractivity (Wildman–Crippen MR) is 64.5 cm³/mol. The lowest BCUT2D eigenvalue weighted by molar-refractivity contribution is -0.145. The summed E-state index contributed by atoms with van der Waals surface area (Å²) in [5.41, 5.74) is 0. The zero-order valence-electron chi connectivity index (χ0n) is 10.3. The lowest BCUT2D eigenvalue weighted by Crippen LogP contribution is -2.60. The van der Waals surface area contributed by atoms with Crippen molar-refractivity contribution in [1.29, 1.82) is 0 Å². The van der Waals surface area contributed by atoms with E-state index in [1.807, 2.05) is 0 Å². The van der Waals surface area contributed by atoms with Crippen molar-refractivity contribution in [2.75, 3.05) is 32.8 Å². The molecule has 4 heteroatoms. The quantitative estimate of drug-likeness (QED) is 0.753. The summed E-state index contributed by atoms with van der Waals surface area (Å²) >= 11 is 0. The predicted octanol–water partition coefficient (Wildman–Crippen LogP) is 0.311. The van der Waals surface area contributed by atoms with E-state index in [0.717, 1.165) is 39.0 Å². The Morgan fingerprint density at radius 3 is 3.00 bits per heavy atom. The average molecular weight is 238 g/mol. The van der Waals surface area contributed by atoms with Gasteiger partial charge < -0.3 is 14.9 Å². The number of carbonyl (C=O) groups is 1. The molecule has 0 spiro atoms. The summed E-state index contributed by atoms with van der Waals surface area (Å²) in [4.78, 5) is 16.5. The number of carbonyl (C=O) groups excluding carboxylic acids is 1. The van der Waals surface area contributed by atoms with Crippen LogP contribution in [0.1, 0.15) is 25.7 Å². The van der Waals surface area contributed by atoms with E-state index in [1.54, 1.807) is 0 Å². The molecule has 17 heavy (non-hydrogen) atoms. The third-order valence-electron chi connectivity index (χ3n) is 4.67. The highest BCUT2D eigenvalue weighted by Crippen LogP contribution is 2.37. The molecule has 0 saturated carbocycles. The molecule has 3 aliphatic rings. The van der Waals surface area contributed by atoms with Crippen molar-refractivity contribution in [3.05, 3.63) is 0 Å². The van der Waals surface area contributed by atoms with Gasteiger partial charge in [-0.1, -0.05) is 0 Å². The van der Waals surface area contributed by atoms with Crippen LogP contribution in [-0.2, 0) is 4.79 Å². The maximum Gasteiger partial charge on any atom is 0.222 e. The van der Waals surface area contributed by atoms with Crippen molar-refractivity contribution in [2.24, 2.45) is 11.8 Å². The molecule has 3 rings (SSSR count). The Morgan fingerprint density at radius 2 is 2.18 bits per heavy atom. The van der Waals surface area contributed by atoms with E-state index >= 15 is 0 Å². The number of likely N-dealkylation sites (tertiary alicyclic amines) is 1. The van der Waals surface area contributed by atoms with Crippen molar-refractivity contribution in [3.8, 4) is 0 Å². The fraction of sp³-hybridized carbons (Fsp3) is 0.923. The minimum atomic E-state index is 0.257. The van der Waals surface area contributed by atoms with Gasteiger partial charge in [-0.3, -0.25) is 4.79 Å². The Kier molecular flexibility index (Phi) is 3.09. The summed E-state index contributed by atoms with van der Waals surface area (Å²) in [7, 11) is 0. The molecule has 0 aliphatic carbocycles. The Balaban J connectivity index is 1.73. The van der Waals surface area contributed by atoms with Gasteiger partial charge in [-0.2, -0.15) is 0 Å². The van der Waals surface area contributed by atoms with Crippen molar-refractivity contribution in [3.63, 3.8) is 0 Å². The summed E-state index contributed by atoms with van der Waals surface area (Å²) in [5, 5.41) is 9.05. The molecule has 3 heterocycles. The maximum atomic E-state index is 11.9. The molecular weight excluding hydrogens is 216 g/mol. The molecule has 3 unspecified atom stereocenters. The molecule has 0 aromatic heterocycles. The Morgan fingerprint density at radius 1 is 1.29 bits per heavy atom. The van der Waals surface area contributed by atoms with E-state index in [2.05, 4.69) is 9.80 Å². The lowest BCUT2D eigenvalue weighted by atomic mass is 9.76. The molecular formula is C13H22N2O2. The first kappa shape index (κ1) is 11.5. The highest BCUT2D eigenvalue weighted by atomic mass is 16.3. The van der Waals surface area contributed by atoms with Gasteiger partial charge in [0.05, 0.1) is 6.61 Å². The Bertz CT molecular complexity index is 306. The minimum absolute atomic E-state index is 0.257. The fourth-order valence-corrected chi connectivity index (χ4v) is 4.04. The second kappa shape index (κ2) is 4.58. The average Bonchev–Trinajstić information content (AvgIpc) is 2.31. The van der Waals surface area contributed by atoms with Gasteiger partial charge in [0.1, 0.15) is 0 Å². The number of amides is 1. The molecule has 0 aromatic carbocycles. The zero-order chi connectivity index (χ0) is 11.8. The lowest BCUT2D eigenvalue weighted by Gasteiger charge is -2.52. The first-order valence-electron chi connectivity index (χ1n) is 6.90. The van der Waals surface area contributed by atoms with Gasteiger partial charge >= 0.3 is 0 Å². The number of β-amino-alcohol motifs (C(OH)–C–C–N with tert-alkyl or cyclic N) is 1. The minimum Gasteiger partial charge on any atom is -0.395 e. The number of nitrogens with zero attached hydrogens (tertiary/aromatic N) is 2. The largest absolute Gasteiger partial charge is 0.395 e. The number of aliphatic hydroxyl groups is 1. The highest BCUT2D eigenvalue weighted by molar-refractivity contribution is 5.77. The van der Waals surface area contributed by atoms with E-state index in [4.69, 9.17) is 5.11 Å². The second-order valence-corrected chi connectivity index (χ2v) is 5.85. The number of aliphatic hydroxyl groups excluding tert-OH is 1. The standard InChI is InChI=1S/C13H22N2O2/c16-5-4-14-7-10-6-11(9-14)12-2-1-3-13(17)15(12)8-10/h10-12,16H,1-9H2. The van der Waals surface area contributed by atoms with Crippen molar-refractivity contribution >= 4 is 5.91 Å². The van der Waals surface area contributed by atoms with Crippen molar-refractivity contribution < 1.29 is 9.90 Å². The van der Waals surface area contributed by atoms with E-state index in [0.29, 0.717) is 23.8 Å². The number of rotatable bonds is 2. The molecule has 3 aliphatic heterocycles. The summed E-state index contributed by atoms with van der Waals surface area (Å²) in [5.74, 6) is 1.67. The van der Waals surface area contributed by atoms with Gasteiger partial charge in [-0.15, -0.1) is 0 Å². The Labute approximate surface area is 103 Å². The second-order valence-electron chi connectivity index (χ2n) is 5.85. The summed E-state index contributed by atoms with van der Waals surface area (Å²) in [6, 6.07) is 0.494. The third-order valence-corrected chi connectivity index (χ3v) is 4.67. The summed E-state index contributed by atoms with van der Waals surface area (Å²) in [6.07, 6.45) is 4.31. The van der Waals surface area contributed by atoms with Gasteiger partial charge in [-0.25, -0.2) is 0 Å². The van der Waals surface area contributed by atoms with Gasteiger partial charge in [-0.05, 0) is 31.1 Å². The topological polar surface area (TPSA) is 43.8 Å². The molecule has 96 valence electrons. The van der Waals surface area contributed by atoms with Gasteiger partial charge in [0.25, 0.3) is 0 Å². The molecule has 0 radical (unpaired) electrons. The zero-order valence-corrected chi connectivity index (χ0v) is 10.3.